The molecule has 0 radical (unpaired) electrons. The fourth-order valence-corrected chi connectivity index (χ4v) is 4.93. The zero-order valence-corrected chi connectivity index (χ0v) is 20.5. The van der Waals surface area contributed by atoms with Crippen molar-refractivity contribution in [3.8, 4) is 11.5 Å². The van der Waals surface area contributed by atoms with Crippen LogP contribution < -0.4 is 19.1 Å². The number of nitrogens with one attached hydrogen (secondary N) is 1. The maximum Gasteiger partial charge on any atom is 0.264 e. The van der Waals surface area contributed by atoms with E-state index in [1.54, 1.807) is 36.4 Å². The predicted octanol–water partition coefficient (Wildman–Crippen LogP) is 4.88. The molecular formula is C26H30N2O5S. The van der Waals surface area contributed by atoms with Gasteiger partial charge in [0, 0.05) is 11.8 Å². The van der Waals surface area contributed by atoms with Crippen molar-refractivity contribution >= 4 is 27.3 Å². The number of hydrogen-bond acceptors (Lipinski definition) is 5. The minimum atomic E-state index is -4.06. The molecule has 0 atom stereocenters. The van der Waals surface area contributed by atoms with Crippen molar-refractivity contribution in [2.45, 2.75) is 31.1 Å². The van der Waals surface area contributed by atoms with Crippen LogP contribution in [0.4, 0.5) is 11.4 Å². The number of unbranched alkanes of at least 4 members (excludes halogenated alkanes) is 1. The second kappa shape index (κ2) is 11.6. The molecule has 0 aromatic heterocycles. The van der Waals surface area contributed by atoms with E-state index in [4.69, 9.17) is 9.47 Å². The number of anilines is 2. The molecule has 3 aromatic rings. The summed E-state index contributed by atoms with van der Waals surface area (Å²) in [5.41, 5.74) is 2.03. The summed E-state index contributed by atoms with van der Waals surface area (Å²) < 4.78 is 38.8. The number of carbonyl (C=O) groups is 1. The molecule has 3 aromatic carbocycles. The summed E-state index contributed by atoms with van der Waals surface area (Å²) in [4.78, 5) is 13.0. The Labute approximate surface area is 201 Å². The Bertz CT molecular complexity index is 1200. The SMILES string of the molecule is CCCCc1ccc(NC(=O)CN(c2ccc(OC)cc2OC)S(=O)(=O)c2ccccc2)cc1. The van der Waals surface area contributed by atoms with Crippen molar-refractivity contribution in [1.82, 2.24) is 0 Å². The van der Waals surface area contributed by atoms with Crippen molar-refractivity contribution in [1.29, 1.82) is 0 Å². The van der Waals surface area contributed by atoms with Gasteiger partial charge in [-0.1, -0.05) is 43.7 Å². The highest BCUT2D eigenvalue weighted by atomic mass is 32.2. The molecule has 0 aliphatic heterocycles. The molecule has 0 heterocycles. The first-order chi connectivity index (χ1) is 16.4. The minimum absolute atomic E-state index is 0.0703. The van der Waals surface area contributed by atoms with E-state index in [0.717, 1.165) is 23.6 Å². The number of rotatable bonds is 11. The van der Waals surface area contributed by atoms with Gasteiger partial charge in [-0.3, -0.25) is 9.10 Å². The molecule has 0 bridgehead atoms. The van der Waals surface area contributed by atoms with Gasteiger partial charge in [-0.25, -0.2) is 8.42 Å². The maximum absolute atomic E-state index is 13.5. The van der Waals surface area contributed by atoms with Crippen LogP contribution in [0.15, 0.2) is 77.7 Å². The van der Waals surface area contributed by atoms with Gasteiger partial charge in [-0.05, 0) is 54.8 Å². The first-order valence-corrected chi connectivity index (χ1v) is 12.5. The number of aryl methyl sites for hydroxylation is 1. The quantitative estimate of drug-likeness (QED) is 0.421. The number of methoxy groups -OCH3 is 2. The lowest BCUT2D eigenvalue weighted by Crippen LogP contribution is -2.38. The Hall–Kier alpha value is -3.52. The van der Waals surface area contributed by atoms with Crippen LogP contribution in [0.1, 0.15) is 25.3 Å². The van der Waals surface area contributed by atoms with E-state index in [1.165, 1.54) is 31.9 Å². The van der Waals surface area contributed by atoms with Crippen LogP contribution in [0.5, 0.6) is 11.5 Å². The van der Waals surface area contributed by atoms with E-state index in [1.807, 2.05) is 24.3 Å². The number of sulfonamides is 1. The minimum Gasteiger partial charge on any atom is -0.497 e. The summed E-state index contributed by atoms with van der Waals surface area (Å²) in [7, 11) is -1.11. The van der Waals surface area contributed by atoms with Crippen LogP contribution in [0, 0.1) is 0 Å². The van der Waals surface area contributed by atoms with E-state index in [0.29, 0.717) is 11.4 Å². The van der Waals surface area contributed by atoms with Gasteiger partial charge in [0.05, 0.1) is 24.8 Å². The van der Waals surface area contributed by atoms with Crippen LogP contribution >= 0.6 is 0 Å². The summed E-state index contributed by atoms with van der Waals surface area (Å²) >= 11 is 0. The maximum atomic E-state index is 13.5. The molecule has 180 valence electrons. The van der Waals surface area contributed by atoms with Crippen LogP contribution in [0.3, 0.4) is 0 Å². The fraction of sp³-hybridized carbons (Fsp3) is 0.269. The van der Waals surface area contributed by atoms with Gasteiger partial charge in [0.15, 0.2) is 0 Å². The summed E-state index contributed by atoms with van der Waals surface area (Å²) in [5, 5.41) is 2.80. The first-order valence-electron chi connectivity index (χ1n) is 11.1. The van der Waals surface area contributed by atoms with E-state index in [-0.39, 0.29) is 16.3 Å². The highest BCUT2D eigenvalue weighted by molar-refractivity contribution is 7.92. The molecule has 0 aliphatic rings. The molecule has 0 fully saturated rings. The van der Waals surface area contributed by atoms with E-state index in [2.05, 4.69) is 12.2 Å². The zero-order valence-electron chi connectivity index (χ0n) is 19.7. The fourth-order valence-electron chi connectivity index (χ4n) is 3.48. The smallest absolute Gasteiger partial charge is 0.264 e. The normalized spacial score (nSPS) is 11.0. The summed E-state index contributed by atoms with van der Waals surface area (Å²) in [5.74, 6) is 0.302. The molecule has 0 aliphatic carbocycles. The Balaban J connectivity index is 1.91. The Morgan fingerprint density at radius 3 is 2.26 bits per heavy atom. The topological polar surface area (TPSA) is 84.9 Å². The van der Waals surface area contributed by atoms with Crippen molar-refractivity contribution in [3.05, 3.63) is 78.4 Å². The second-order valence-electron chi connectivity index (χ2n) is 7.71. The number of benzene rings is 3. The average Bonchev–Trinajstić information content (AvgIpc) is 2.87. The van der Waals surface area contributed by atoms with E-state index >= 15 is 0 Å². The van der Waals surface area contributed by atoms with Crippen molar-refractivity contribution < 1.29 is 22.7 Å². The number of nitrogens with zero attached hydrogens (tertiary/aromatic N) is 1. The predicted molar refractivity (Wildman–Crippen MR) is 134 cm³/mol. The number of amides is 1. The zero-order chi connectivity index (χ0) is 24.6. The van der Waals surface area contributed by atoms with E-state index in [9.17, 15) is 13.2 Å². The number of carbonyl (C=O) groups excluding carboxylic acids is 1. The van der Waals surface area contributed by atoms with Crippen LogP contribution in [0.2, 0.25) is 0 Å². The lowest BCUT2D eigenvalue weighted by atomic mass is 10.1. The van der Waals surface area contributed by atoms with Crippen LogP contribution in [0.25, 0.3) is 0 Å². The first kappa shape index (κ1) is 25.1. The molecule has 0 saturated carbocycles. The Morgan fingerprint density at radius 2 is 1.65 bits per heavy atom. The lowest BCUT2D eigenvalue weighted by Gasteiger charge is -2.26. The molecule has 0 spiro atoms. The van der Waals surface area contributed by atoms with E-state index < -0.39 is 22.5 Å². The molecule has 7 nitrogen and oxygen atoms in total. The van der Waals surface area contributed by atoms with Crippen molar-refractivity contribution in [3.63, 3.8) is 0 Å². The Kier molecular flexibility index (Phi) is 8.54. The second-order valence-corrected chi connectivity index (χ2v) is 9.57. The third-order valence-corrected chi connectivity index (χ3v) is 7.10. The monoisotopic (exact) mass is 482 g/mol. The highest BCUT2D eigenvalue weighted by Gasteiger charge is 2.29. The average molecular weight is 483 g/mol. The Morgan fingerprint density at radius 1 is 0.941 bits per heavy atom. The summed E-state index contributed by atoms with van der Waals surface area (Å²) in [6, 6.07) is 20.3. The van der Waals surface area contributed by atoms with Gasteiger partial charge in [-0.15, -0.1) is 0 Å². The van der Waals surface area contributed by atoms with Crippen molar-refractivity contribution in [2.75, 3.05) is 30.4 Å². The van der Waals surface area contributed by atoms with Crippen LogP contribution in [-0.4, -0.2) is 35.1 Å². The summed E-state index contributed by atoms with van der Waals surface area (Å²) in [6.07, 6.45) is 3.19. The lowest BCUT2D eigenvalue weighted by molar-refractivity contribution is -0.114. The molecule has 0 unspecified atom stereocenters. The molecule has 1 amide bonds. The van der Waals surface area contributed by atoms with Crippen molar-refractivity contribution in [2.24, 2.45) is 0 Å². The molecular weight excluding hydrogens is 452 g/mol. The van der Waals surface area contributed by atoms with Gasteiger partial charge < -0.3 is 14.8 Å². The third kappa shape index (κ3) is 6.08. The standard InChI is InChI=1S/C26H30N2O5S/c1-4-5-9-20-12-14-21(15-13-20)27-26(29)19-28(34(30,31)23-10-7-6-8-11-23)24-17-16-22(32-2)18-25(24)33-3/h6-8,10-18H,4-5,9,19H2,1-3H3,(H,27,29). The highest BCUT2D eigenvalue weighted by Crippen LogP contribution is 2.35. The largest absolute Gasteiger partial charge is 0.497 e. The van der Waals surface area contributed by atoms with Crippen LogP contribution in [-0.2, 0) is 21.2 Å². The van der Waals surface area contributed by atoms with Gasteiger partial charge in [-0.2, -0.15) is 0 Å². The third-order valence-electron chi connectivity index (χ3n) is 5.33. The molecule has 8 heteroatoms. The summed E-state index contributed by atoms with van der Waals surface area (Å²) in [6.45, 7) is 1.71. The molecule has 34 heavy (non-hydrogen) atoms. The van der Waals surface area contributed by atoms with Gasteiger partial charge >= 0.3 is 0 Å². The van der Waals surface area contributed by atoms with Gasteiger partial charge in [0.1, 0.15) is 18.0 Å². The molecule has 0 saturated heterocycles. The molecule has 3 rings (SSSR count). The number of hydrogen-bond donors (Lipinski definition) is 1. The van der Waals surface area contributed by atoms with Gasteiger partial charge in [0.25, 0.3) is 10.0 Å². The van der Waals surface area contributed by atoms with Gasteiger partial charge in [0.2, 0.25) is 5.91 Å². The number of ether oxygens (including phenoxy) is 2. The molecule has 1 N–H and O–H groups in total.